The summed E-state index contributed by atoms with van der Waals surface area (Å²) in [5.74, 6) is 3.27. The minimum atomic E-state index is 0.393. The van der Waals surface area contributed by atoms with E-state index in [0.717, 1.165) is 17.6 Å². The molecule has 1 N–H and O–H groups in total. The standard InChI is InChI=1S/C17H26BrNO/c1-11-7-12(2)9-13(8-11)17(19-3)15-10-14(20-4)5-6-16(15)18/h5-6,10-13,17,19H,7-9H2,1-4H3. The number of halogens is 1. The third-order valence-electron chi connectivity index (χ3n) is 4.54. The number of hydrogen-bond acceptors (Lipinski definition) is 2. The first kappa shape index (κ1) is 15.8. The first-order chi connectivity index (χ1) is 9.55. The SMILES string of the molecule is CNC(c1cc(OC)ccc1Br)C1CC(C)CC(C)C1. The van der Waals surface area contributed by atoms with Gasteiger partial charge in [0, 0.05) is 10.5 Å². The van der Waals surface area contributed by atoms with Crippen LogP contribution >= 0.6 is 15.9 Å². The molecule has 2 rings (SSSR count). The lowest BCUT2D eigenvalue weighted by Gasteiger charge is -2.37. The van der Waals surface area contributed by atoms with E-state index < -0.39 is 0 Å². The monoisotopic (exact) mass is 339 g/mol. The fraction of sp³-hybridized carbons (Fsp3) is 0.647. The Morgan fingerprint density at radius 2 is 1.85 bits per heavy atom. The smallest absolute Gasteiger partial charge is 0.119 e. The van der Waals surface area contributed by atoms with Crippen LogP contribution in [0.15, 0.2) is 22.7 Å². The van der Waals surface area contributed by atoms with Gasteiger partial charge in [0.25, 0.3) is 0 Å². The average molecular weight is 340 g/mol. The summed E-state index contributed by atoms with van der Waals surface area (Å²) in [6.07, 6.45) is 3.98. The van der Waals surface area contributed by atoms with Crippen LogP contribution < -0.4 is 10.1 Å². The summed E-state index contributed by atoms with van der Waals surface area (Å²) in [5.41, 5.74) is 1.32. The van der Waals surface area contributed by atoms with Crippen molar-refractivity contribution in [3.63, 3.8) is 0 Å². The minimum absolute atomic E-state index is 0.393. The third kappa shape index (κ3) is 3.56. The molecule has 20 heavy (non-hydrogen) atoms. The van der Waals surface area contributed by atoms with Crippen LogP contribution in [-0.4, -0.2) is 14.2 Å². The second kappa shape index (κ2) is 6.95. The molecule has 1 aromatic rings. The zero-order valence-corrected chi connectivity index (χ0v) is 14.5. The predicted molar refractivity (Wildman–Crippen MR) is 88.2 cm³/mol. The van der Waals surface area contributed by atoms with Crippen molar-refractivity contribution >= 4 is 15.9 Å². The Morgan fingerprint density at radius 1 is 1.20 bits per heavy atom. The van der Waals surface area contributed by atoms with E-state index in [-0.39, 0.29) is 0 Å². The van der Waals surface area contributed by atoms with Gasteiger partial charge < -0.3 is 10.1 Å². The van der Waals surface area contributed by atoms with Gasteiger partial charge in [-0.15, -0.1) is 0 Å². The molecule has 0 saturated heterocycles. The molecule has 0 spiro atoms. The van der Waals surface area contributed by atoms with Gasteiger partial charge in [-0.3, -0.25) is 0 Å². The molecule has 3 atom stereocenters. The van der Waals surface area contributed by atoms with Gasteiger partial charge in [-0.25, -0.2) is 0 Å². The number of benzene rings is 1. The Hall–Kier alpha value is -0.540. The molecule has 0 amide bonds. The second-order valence-corrected chi connectivity index (χ2v) is 7.19. The van der Waals surface area contributed by atoms with Crippen molar-refractivity contribution in [1.29, 1.82) is 0 Å². The average Bonchev–Trinajstić information content (AvgIpc) is 2.40. The normalized spacial score (nSPS) is 28.1. The van der Waals surface area contributed by atoms with Gasteiger partial charge in [0.1, 0.15) is 5.75 Å². The lowest BCUT2D eigenvalue weighted by Crippen LogP contribution is -2.31. The molecule has 1 saturated carbocycles. The van der Waals surface area contributed by atoms with E-state index >= 15 is 0 Å². The number of hydrogen-bond donors (Lipinski definition) is 1. The van der Waals surface area contributed by atoms with E-state index in [9.17, 15) is 0 Å². The molecule has 2 nitrogen and oxygen atoms in total. The van der Waals surface area contributed by atoms with Gasteiger partial charge in [0.05, 0.1) is 7.11 Å². The van der Waals surface area contributed by atoms with E-state index in [0.29, 0.717) is 12.0 Å². The molecular weight excluding hydrogens is 314 g/mol. The van der Waals surface area contributed by atoms with Crippen LogP contribution in [0.4, 0.5) is 0 Å². The Balaban J connectivity index is 2.27. The summed E-state index contributed by atoms with van der Waals surface area (Å²) >= 11 is 3.70. The van der Waals surface area contributed by atoms with E-state index in [1.807, 2.05) is 6.07 Å². The van der Waals surface area contributed by atoms with E-state index in [1.165, 1.54) is 29.3 Å². The first-order valence-electron chi connectivity index (χ1n) is 7.55. The van der Waals surface area contributed by atoms with Crippen LogP contribution in [0.3, 0.4) is 0 Å². The van der Waals surface area contributed by atoms with Crippen molar-refractivity contribution in [2.75, 3.05) is 14.2 Å². The molecule has 0 heterocycles. The lowest BCUT2D eigenvalue weighted by molar-refractivity contribution is 0.180. The van der Waals surface area contributed by atoms with Crippen molar-refractivity contribution < 1.29 is 4.74 Å². The zero-order chi connectivity index (χ0) is 14.7. The van der Waals surface area contributed by atoms with Gasteiger partial charge in [0.2, 0.25) is 0 Å². The highest BCUT2D eigenvalue weighted by Crippen LogP contribution is 2.42. The Bertz CT molecular complexity index is 439. The summed E-state index contributed by atoms with van der Waals surface area (Å²) < 4.78 is 6.56. The number of rotatable bonds is 4. The summed E-state index contributed by atoms with van der Waals surface area (Å²) in [6.45, 7) is 4.77. The minimum Gasteiger partial charge on any atom is -0.497 e. The van der Waals surface area contributed by atoms with Crippen molar-refractivity contribution in [2.45, 2.75) is 39.2 Å². The molecule has 1 aliphatic carbocycles. The Labute approximate surface area is 131 Å². The maximum atomic E-state index is 5.39. The van der Waals surface area contributed by atoms with Crippen LogP contribution in [-0.2, 0) is 0 Å². The van der Waals surface area contributed by atoms with Crippen molar-refractivity contribution in [3.05, 3.63) is 28.2 Å². The lowest BCUT2D eigenvalue weighted by atomic mass is 9.72. The van der Waals surface area contributed by atoms with Crippen molar-refractivity contribution in [2.24, 2.45) is 17.8 Å². The Morgan fingerprint density at radius 3 is 2.40 bits per heavy atom. The van der Waals surface area contributed by atoms with E-state index in [1.54, 1.807) is 7.11 Å². The summed E-state index contributed by atoms with van der Waals surface area (Å²) in [7, 11) is 3.80. The van der Waals surface area contributed by atoms with Gasteiger partial charge in [-0.05, 0) is 67.8 Å². The molecule has 1 aliphatic rings. The van der Waals surface area contributed by atoms with Crippen LogP contribution in [0.25, 0.3) is 0 Å². The van der Waals surface area contributed by atoms with Gasteiger partial charge in [-0.2, -0.15) is 0 Å². The Kier molecular flexibility index (Phi) is 5.50. The fourth-order valence-corrected chi connectivity index (χ4v) is 4.31. The third-order valence-corrected chi connectivity index (χ3v) is 5.26. The summed E-state index contributed by atoms with van der Waals surface area (Å²) in [4.78, 5) is 0. The maximum absolute atomic E-state index is 5.39. The largest absolute Gasteiger partial charge is 0.497 e. The van der Waals surface area contributed by atoms with E-state index in [4.69, 9.17) is 4.74 Å². The van der Waals surface area contributed by atoms with Crippen molar-refractivity contribution in [3.8, 4) is 5.75 Å². The topological polar surface area (TPSA) is 21.3 Å². The van der Waals surface area contributed by atoms with E-state index in [2.05, 4.69) is 54.3 Å². The first-order valence-corrected chi connectivity index (χ1v) is 8.35. The highest BCUT2D eigenvalue weighted by atomic mass is 79.9. The maximum Gasteiger partial charge on any atom is 0.119 e. The summed E-state index contributed by atoms with van der Waals surface area (Å²) in [5, 5.41) is 3.54. The molecule has 0 aromatic heterocycles. The molecule has 3 heteroatoms. The van der Waals surface area contributed by atoms with Gasteiger partial charge in [0.15, 0.2) is 0 Å². The second-order valence-electron chi connectivity index (χ2n) is 6.33. The van der Waals surface area contributed by atoms with Crippen molar-refractivity contribution in [1.82, 2.24) is 5.32 Å². The van der Waals surface area contributed by atoms with Crippen LogP contribution in [0.5, 0.6) is 5.75 Å². The van der Waals surface area contributed by atoms with Crippen LogP contribution in [0.2, 0.25) is 0 Å². The van der Waals surface area contributed by atoms with Crippen LogP contribution in [0.1, 0.15) is 44.7 Å². The zero-order valence-electron chi connectivity index (χ0n) is 12.9. The number of methoxy groups -OCH3 is 1. The highest BCUT2D eigenvalue weighted by molar-refractivity contribution is 9.10. The fourth-order valence-electron chi connectivity index (χ4n) is 3.81. The highest BCUT2D eigenvalue weighted by Gasteiger charge is 2.31. The molecule has 0 bridgehead atoms. The summed E-state index contributed by atoms with van der Waals surface area (Å²) in [6, 6.07) is 6.65. The molecule has 0 radical (unpaired) electrons. The van der Waals surface area contributed by atoms with Gasteiger partial charge >= 0.3 is 0 Å². The predicted octanol–water partition coefficient (Wildman–Crippen LogP) is 4.79. The quantitative estimate of drug-likeness (QED) is 0.851. The molecule has 1 aromatic carbocycles. The number of ether oxygens (including phenoxy) is 1. The molecule has 0 aliphatic heterocycles. The number of nitrogens with one attached hydrogen (secondary N) is 1. The molecule has 1 fully saturated rings. The van der Waals surface area contributed by atoms with Crippen LogP contribution in [0, 0.1) is 17.8 Å². The molecular formula is C17H26BrNO. The molecule has 3 unspecified atom stereocenters. The molecule has 112 valence electrons. The van der Waals surface area contributed by atoms with Gasteiger partial charge in [-0.1, -0.05) is 29.8 Å².